The summed E-state index contributed by atoms with van der Waals surface area (Å²) in [5.41, 5.74) is 0. The van der Waals surface area contributed by atoms with Crippen molar-refractivity contribution in [2.24, 2.45) is 5.92 Å². The summed E-state index contributed by atoms with van der Waals surface area (Å²) in [5, 5.41) is 9.18. The van der Waals surface area contributed by atoms with Gasteiger partial charge in [0.1, 0.15) is 0 Å². The molecule has 2 nitrogen and oxygen atoms in total. The fourth-order valence-corrected chi connectivity index (χ4v) is 3.16. The van der Waals surface area contributed by atoms with E-state index in [0.717, 1.165) is 18.5 Å². The third-order valence-corrected chi connectivity index (χ3v) is 3.66. The highest BCUT2D eigenvalue weighted by molar-refractivity contribution is 4.96. The van der Waals surface area contributed by atoms with Crippen molar-refractivity contribution in [3.05, 3.63) is 0 Å². The molecule has 2 heteroatoms. The van der Waals surface area contributed by atoms with Crippen LogP contribution in [-0.4, -0.2) is 35.2 Å². The van der Waals surface area contributed by atoms with Gasteiger partial charge in [0, 0.05) is 12.1 Å². The van der Waals surface area contributed by atoms with Crippen LogP contribution in [0.15, 0.2) is 0 Å². The summed E-state index contributed by atoms with van der Waals surface area (Å²) in [6, 6.07) is 1.29. The highest BCUT2D eigenvalue weighted by atomic mass is 16.3. The molecule has 0 spiro atoms. The standard InChI is InChI=1S/C10H19NO/c1-2-11-9(7-12)6-8-4-3-5-10(8)11/h8-10,12H,2-7H2,1H3/t8-,9-,10-/m1/s1. The summed E-state index contributed by atoms with van der Waals surface area (Å²) in [7, 11) is 0. The first-order chi connectivity index (χ1) is 5.86. The van der Waals surface area contributed by atoms with Crippen LogP contribution in [-0.2, 0) is 0 Å². The van der Waals surface area contributed by atoms with Gasteiger partial charge < -0.3 is 5.11 Å². The number of hydrogen-bond acceptors (Lipinski definition) is 2. The number of nitrogens with zero attached hydrogens (tertiary/aromatic N) is 1. The number of fused-ring (bicyclic) bond motifs is 1. The highest BCUT2D eigenvalue weighted by Gasteiger charge is 2.41. The molecule has 0 aromatic carbocycles. The largest absolute Gasteiger partial charge is 0.395 e. The molecule has 1 heterocycles. The molecule has 1 saturated carbocycles. The number of rotatable bonds is 2. The molecule has 0 aromatic rings. The third kappa shape index (κ3) is 1.17. The number of aliphatic hydroxyl groups is 1. The summed E-state index contributed by atoms with van der Waals surface area (Å²) in [4.78, 5) is 2.51. The topological polar surface area (TPSA) is 23.5 Å². The second-order valence-electron chi connectivity index (χ2n) is 4.16. The average molecular weight is 169 g/mol. The monoisotopic (exact) mass is 169 g/mol. The number of hydrogen-bond donors (Lipinski definition) is 1. The first kappa shape index (κ1) is 8.52. The van der Waals surface area contributed by atoms with Gasteiger partial charge in [-0.3, -0.25) is 4.90 Å². The van der Waals surface area contributed by atoms with Gasteiger partial charge in [0.2, 0.25) is 0 Å². The first-order valence-electron chi connectivity index (χ1n) is 5.23. The zero-order valence-electron chi connectivity index (χ0n) is 7.87. The van der Waals surface area contributed by atoms with Gasteiger partial charge >= 0.3 is 0 Å². The fourth-order valence-electron chi connectivity index (χ4n) is 3.16. The molecule has 0 aromatic heterocycles. The Morgan fingerprint density at radius 2 is 2.25 bits per heavy atom. The molecule has 1 saturated heterocycles. The van der Waals surface area contributed by atoms with Crippen molar-refractivity contribution in [1.29, 1.82) is 0 Å². The van der Waals surface area contributed by atoms with E-state index < -0.39 is 0 Å². The molecule has 1 aliphatic carbocycles. The maximum Gasteiger partial charge on any atom is 0.0587 e. The van der Waals surface area contributed by atoms with Gasteiger partial charge in [0.15, 0.2) is 0 Å². The smallest absolute Gasteiger partial charge is 0.0587 e. The Hall–Kier alpha value is -0.0800. The molecule has 2 aliphatic rings. The lowest BCUT2D eigenvalue weighted by atomic mass is 10.0. The molecule has 0 bridgehead atoms. The van der Waals surface area contributed by atoms with Gasteiger partial charge in [0.25, 0.3) is 0 Å². The Morgan fingerprint density at radius 3 is 2.92 bits per heavy atom. The summed E-state index contributed by atoms with van der Waals surface area (Å²) >= 11 is 0. The maximum absolute atomic E-state index is 9.18. The van der Waals surface area contributed by atoms with Crippen molar-refractivity contribution in [1.82, 2.24) is 4.90 Å². The first-order valence-corrected chi connectivity index (χ1v) is 5.23. The van der Waals surface area contributed by atoms with E-state index in [1.54, 1.807) is 0 Å². The summed E-state index contributed by atoms with van der Waals surface area (Å²) in [5.74, 6) is 0.905. The molecule has 0 radical (unpaired) electrons. The molecular formula is C10H19NO. The lowest BCUT2D eigenvalue weighted by Crippen LogP contribution is -2.37. The Bertz CT molecular complexity index is 160. The van der Waals surface area contributed by atoms with Gasteiger partial charge in [0.05, 0.1) is 6.61 Å². The van der Waals surface area contributed by atoms with E-state index in [4.69, 9.17) is 0 Å². The summed E-state index contributed by atoms with van der Waals surface area (Å²) in [6.07, 6.45) is 5.42. The molecule has 2 fully saturated rings. The fraction of sp³-hybridized carbons (Fsp3) is 1.00. The minimum Gasteiger partial charge on any atom is -0.395 e. The molecule has 70 valence electrons. The van der Waals surface area contributed by atoms with E-state index in [0.29, 0.717) is 12.6 Å². The van der Waals surface area contributed by atoms with E-state index in [1.807, 2.05) is 0 Å². The highest BCUT2D eigenvalue weighted by Crippen LogP contribution is 2.40. The Labute approximate surface area is 74.6 Å². The maximum atomic E-state index is 9.18. The Morgan fingerprint density at radius 1 is 1.42 bits per heavy atom. The minimum absolute atomic E-state index is 0.362. The predicted molar refractivity (Wildman–Crippen MR) is 49.0 cm³/mol. The van der Waals surface area contributed by atoms with Crippen molar-refractivity contribution >= 4 is 0 Å². The molecule has 1 aliphatic heterocycles. The molecule has 2 rings (SSSR count). The SMILES string of the molecule is CCN1[C@@H](CO)C[C@H]2CCC[C@H]21. The van der Waals surface area contributed by atoms with Gasteiger partial charge in [-0.2, -0.15) is 0 Å². The van der Waals surface area contributed by atoms with Crippen LogP contribution in [0.4, 0.5) is 0 Å². The normalized spacial score (nSPS) is 42.0. The quantitative estimate of drug-likeness (QED) is 0.672. The van der Waals surface area contributed by atoms with Crippen LogP contribution in [0.25, 0.3) is 0 Å². The van der Waals surface area contributed by atoms with Crippen LogP contribution in [0.1, 0.15) is 32.6 Å². The van der Waals surface area contributed by atoms with Gasteiger partial charge in [-0.25, -0.2) is 0 Å². The van der Waals surface area contributed by atoms with Gasteiger partial charge in [-0.05, 0) is 31.7 Å². The van der Waals surface area contributed by atoms with Gasteiger partial charge in [-0.1, -0.05) is 13.3 Å². The van der Waals surface area contributed by atoms with Crippen molar-refractivity contribution in [2.75, 3.05) is 13.2 Å². The molecule has 3 atom stereocenters. The number of likely N-dealkylation sites (N-methyl/N-ethyl adjacent to an activating group) is 1. The molecule has 1 N–H and O–H groups in total. The number of aliphatic hydroxyl groups excluding tert-OH is 1. The van der Waals surface area contributed by atoms with Crippen molar-refractivity contribution < 1.29 is 5.11 Å². The van der Waals surface area contributed by atoms with Crippen molar-refractivity contribution in [3.8, 4) is 0 Å². The zero-order chi connectivity index (χ0) is 8.55. The van der Waals surface area contributed by atoms with Crippen LogP contribution >= 0.6 is 0 Å². The van der Waals surface area contributed by atoms with E-state index >= 15 is 0 Å². The van der Waals surface area contributed by atoms with E-state index in [-0.39, 0.29) is 0 Å². The molecule has 0 amide bonds. The predicted octanol–water partition coefficient (Wildman–Crippen LogP) is 1.24. The van der Waals surface area contributed by atoms with Crippen LogP contribution in [0.3, 0.4) is 0 Å². The average Bonchev–Trinajstić information content (AvgIpc) is 2.61. The van der Waals surface area contributed by atoms with Crippen LogP contribution in [0.2, 0.25) is 0 Å². The molecular weight excluding hydrogens is 150 g/mol. The van der Waals surface area contributed by atoms with Gasteiger partial charge in [-0.15, -0.1) is 0 Å². The summed E-state index contributed by atoms with van der Waals surface area (Å²) in [6.45, 7) is 3.69. The van der Waals surface area contributed by atoms with Crippen molar-refractivity contribution in [2.45, 2.75) is 44.7 Å². The molecule has 12 heavy (non-hydrogen) atoms. The van der Waals surface area contributed by atoms with E-state index in [2.05, 4.69) is 11.8 Å². The van der Waals surface area contributed by atoms with Crippen LogP contribution in [0, 0.1) is 5.92 Å². The third-order valence-electron chi connectivity index (χ3n) is 3.66. The summed E-state index contributed by atoms with van der Waals surface area (Å²) < 4.78 is 0. The number of likely N-dealkylation sites (tertiary alicyclic amines) is 1. The lowest BCUT2D eigenvalue weighted by Gasteiger charge is -2.26. The van der Waals surface area contributed by atoms with Crippen molar-refractivity contribution in [3.63, 3.8) is 0 Å². The van der Waals surface area contributed by atoms with Crippen LogP contribution in [0.5, 0.6) is 0 Å². The molecule has 0 unspecified atom stereocenters. The lowest BCUT2D eigenvalue weighted by molar-refractivity contribution is 0.132. The minimum atomic E-state index is 0.362. The Balaban J connectivity index is 2.05. The Kier molecular flexibility index (Phi) is 2.37. The second kappa shape index (κ2) is 3.35. The zero-order valence-corrected chi connectivity index (χ0v) is 7.87. The second-order valence-corrected chi connectivity index (χ2v) is 4.16. The van der Waals surface area contributed by atoms with E-state index in [1.165, 1.54) is 25.7 Å². The van der Waals surface area contributed by atoms with E-state index in [9.17, 15) is 5.11 Å². The van der Waals surface area contributed by atoms with Crippen LogP contribution < -0.4 is 0 Å².